The summed E-state index contributed by atoms with van der Waals surface area (Å²) >= 11 is 11.5. The number of aromatic nitrogens is 3. The van der Waals surface area contributed by atoms with E-state index in [1.165, 1.54) is 0 Å². The molecule has 0 aliphatic carbocycles. The van der Waals surface area contributed by atoms with Gasteiger partial charge < -0.3 is 0 Å². The molecule has 0 unspecified atom stereocenters. The predicted molar refractivity (Wildman–Crippen MR) is 47.7 cm³/mol. The fourth-order valence-corrected chi connectivity index (χ4v) is 1.50. The molecule has 0 aliphatic heterocycles. The van der Waals surface area contributed by atoms with Crippen molar-refractivity contribution in [3.05, 3.63) is 28.4 Å². The van der Waals surface area contributed by atoms with Gasteiger partial charge in [-0.3, -0.25) is 4.40 Å². The third kappa shape index (κ3) is 1.06. The minimum atomic E-state index is 0.329. The van der Waals surface area contributed by atoms with Crippen LogP contribution in [0.3, 0.4) is 0 Å². The van der Waals surface area contributed by atoms with Gasteiger partial charge in [0.15, 0.2) is 10.8 Å². The molecule has 0 atom stereocenters. The first-order valence-corrected chi connectivity index (χ1v) is 4.10. The van der Waals surface area contributed by atoms with Crippen molar-refractivity contribution in [3.8, 4) is 0 Å². The van der Waals surface area contributed by atoms with Gasteiger partial charge in [-0.15, -0.1) is 0 Å². The molecule has 0 spiro atoms. The molecule has 0 aliphatic rings. The summed E-state index contributed by atoms with van der Waals surface area (Å²) in [5, 5.41) is 0.698. The van der Waals surface area contributed by atoms with Crippen LogP contribution in [0.5, 0.6) is 0 Å². The molecule has 0 aromatic carbocycles. The minimum absolute atomic E-state index is 0.329. The van der Waals surface area contributed by atoms with Crippen LogP contribution in [0.2, 0.25) is 10.3 Å². The van der Waals surface area contributed by atoms with Crippen molar-refractivity contribution in [2.24, 2.45) is 0 Å². The monoisotopic (exact) mass is 201 g/mol. The summed E-state index contributed by atoms with van der Waals surface area (Å²) in [5.41, 5.74) is 1.62. The summed E-state index contributed by atoms with van der Waals surface area (Å²) < 4.78 is 1.80. The third-order valence-electron chi connectivity index (χ3n) is 1.61. The van der Waals surface area contributed by atoms with Gasteiger partial charge in [0.2, 0.25) is 0 Å². The Bertz CT molecular complexity index is 435. The van der Waals surface area contributed by atoms with Crippen LogP contribution in [0.4, 0.5) is 0 Å². The van der Waals surface area contributed by atoms with E-state index in [0.717, 1.165) is 5.69 Å². The number of halogens is 2. The highest BCUT2D eigenvalue weighted by molar-refractivity contribution is 6.34. The molecule has 0 N–H and O–H groups in total. The predicted octanol–water partition coefficient (Wildman–Crippen LogP) is 2.34. The summed E-state index contributed by atoms with van der Waals surface area (Å²) in [5.74, 6) is 0. The van der Waals surface area contributed by atoms with Crippen molar-refractivity contribution >= 4 is 28.8 Å². The van der Waals surface area contributed by atoms with Gasteiger partial charge in [0, 0.05) is 18.1 Å². The van der Waals surface area contributed by atoms with Gasteiger partial charge >= 0.3 is 0 Å². The second-order valence-corrected chi connectivity index (χ2v) is 3.19. The summed E-state index contributed by atoms with van der Waals surface area (Å²) in [7, 11) is 0. The van der Waals surface area contributed by atoms with Gasteiger partial charge in [0.25, 0.3) is 0 Å². The summed E-state index contributed by atoms with van der Waals surface area (Å²) in [4.78, 5) is 7.93. The number of nitrogens with zero attached hydrogens (tertiary/aromatic N) is 3. The molecule has 0 saturated heterocycles. The van der Waals surface area contributed by atoms with Gasteiger partial charge in [-0.1, -0.05) is 23.2 Å². The average Bonchev–Trinajstić information content (AvgIpc) is 2.33. The lowest BCUT2D eigenvalue weighted by molar-refractivity contribution is 1.07. The first-order valence-electron chi connectivity index (χ1n) is 3.34. The molecule has 0 saturated carbocycles. The van der Waals surface area contributed by atoms with E-state index in [4.69, 9.17) is 23.2 Å². The Hall–Kier alpha value is -0.800. The highest BCUT2D eigenvalue weighted by atomic mass is 35.5. The lowest BCUT2D eigenvalue weighted by Gasteiger charge is -1.97. The maximum atomic E-state index is 5.80. The van der Waals surface area contributed by atoms with Crippen LogP contribution in [0, 0.1) is 6.92 Å². The van der Waals surface area contributed by atoms with Crippen LogP contribution >= 0.6 is 23.2 Å². The molecule has 2 aromatic rings. The van der Waals surface area contributed by atoms with E-state index < -0.39 is 0 Å². The molecule has 62 valence electrons. The Balaban J connectivity index is 2.92. The van der Waals surface area contributed by atoms with E-state index in [1.54, 1.807) is 16.8 Å². The van der Waals surface area contributed by atoms with Gasteiger partial charge in [-0.05, 0) is 6.92 Å². The first-order chi connectivity index (χ1) is 5.68. The molecule has 0 amide bonds. The van der Waals surface area contributed by atoms with Gasteiger partial charge in [0.05, 0.1) is 0 Å². The SMILES string of the molecule is Cc1cnc2c(Cl)nc(Cl)cn12. The maximum Gasteiger partial charge on any atom is 0.175 e. The van der Waals surface area contributed by atoms with Crippen molar-refractivity contribution in [1.29, 1.82) is 0 Å². The topological polar surface area (TPSA) is 30.2 Å². The molecule has 2 rings (SSSR count). The lowest BCUT2D eigenvalue weighted by atomic mass is 10.5. The zero-order chi connectivity index (χ0) is 8.72. The van der Waals surface area contributed by atoms with E-state index in [0.29, 0.717) is 16.0 Å². The molecule has 5 heteroatoms. The summed E-state index contributed by atoms with van der Waals surface area (Å²) in [6.45, 7) is 1.92. The molecule has 2 aromatic heterocycles. The van der Waals surface area contributed by atoms with Crippen LogP contribution < -0.4 is 0 Å². The van der Waals surface area contributed by atoms with Crippen LogP contribution in [-0.2, 0) is 0 Å². The number of hydrogen-bond donors (Lipinski definition) is 0. The van der Waals surface area contributed by atoms with Crippen molar-refractivity contribution in [1.82, 2.24) is 14.4 Å². The van der Waals surface area contributed by atoms with Gasteiger partial charge in [-0.2, -0.15) is 0 Å². The fraction of sp³-hybridized carbons (Fsp3) is 0.143. The van der Waals surface area contributed by atoms with Crippen molar-refractivity contribution in [2.75, 3.05) is 0 Å². The highest BCUT2D eigenvalue weighted by Gasteiger charge is 2.05. The quantitative estimate of drug-likeness (QED) is 0.656. The van der Waals surface area contributed by atoms with Crippen molar-refractivity contribution < 1.29 is 0 Å². The molecular formula is C7H5Cl2N3. The smallest absolute Gasteiger partial charge is 0.175 e. The number of rotatable bonds is 0. The van der Waals surface area contributed by atoms with E-state index in [2.05, 4.69) is 9.97 Å². The van der Waals surface area contributed by atoms with Crippen molar-refractivity contribution in [2.45, 2.75) is 6.92 Å². The molecule has 12 heavy (non-hydrogen) atoms. The number of imidazole rings is 1. The normalized spacial score (nSPS) is 10.9. The van der Waals surface area contributed by atoms with E-state index in [9.17, 15) is 0 Å². The Morgan fingerprint density at radius 3 is 2.92 bits per heavy atom. The number of hydrogen-bond acceptors (Lipinski definition) is 2. The molecule has 0 bridgehead atoms. The van der Waals surface area contributed by atoms with Gasteiger partial charge in [0.1, 0.15) is 5.15 Å². The third-order valence-corrected chi connectivity index (χ3v) is 2.04. The van der Waals surface area contributed by atoms with E-state index in [-0.39, 0.29) is 0 Å². The van der Waals surface area contributed by atoms with Crippen LogP contribution in [0.25, 0.3) is 5.65 Å². The zero-order valence-corrected chi connectivity index (χ0v) is 7.76. The number of aryl methyl sites for hydroxylation is 1. The largest absolute Gasteiger partial charge is 0.299 e. The van der Waals surface area contributed by atoms with E-state index >= 15 is 0 Å². The highest BCUT2D eigenvalue weighted by Crippen LogP contribution is 2.17. The Labute approximate surface area is 79.0 Å². The number of fused-ring (bicyclic) bond motifs is 1. The van der Waals surface area contributed by atoms with Crippen molar-refractivity contribution in [3.63, 3.8) is 0 Å². The second-order valence-electron chi connectivity index (χ2n) is 2.45. The molecule has 0 radical (unpaired) electrons. The van der Waals surface area contributed by atoms with Crippen LogP contribution in [-0.4, -0.2) is 14.4 Å². The first kappa shape index (κ1) is 7.83. The van der Waals surface area contributed by atoms with Crippen LogP contribution in [0.15, 0.2) is 12.4 Å². The fourth-order valence-electron chi connectivity index (χ4n) is 1.04. The zero-order valence-electron chi connectivity index (χ0n) is 6.25. The van der Waals surface area contributed by atoms with Crippen LogP contribution in [0.1, 0.15) is 5.69 Å². The summed E-state index contributed by atoms with van der Waals surface area (Å²) in [6.07, 6.45) is 3.41. The molecule has 3 nitrogen and oxygen atoms in total. The van der Waals surface area contributed by atoms with E-state index in [1.807, 2.05) is 6.92 Å². The van der Waals surface area contributed by atoms with Gasteiger partial charge in [-0.25, -0.2) is 9.97 Å². The second kappa shape index (κ2) is 2.61. The Kier molecular flexibility index (Phi) is 1.70. The molecular weight excluding hydrogens is 197 g/mol. The molecule has 0 fully saturated rings. The standard InChI is InChI=1S/C7H5Cl2N3/c1-4-2-10-7-6(9)11-5(8)3-12(4)7/h2-3H,1H3. The summed E-state index contributed by atoms with van der Waals surface area (Å²) in [6, 6.07) is 0. The Morgan fingerprint density at radius 2 is 2.17 bits per heavy atom. The average molecular weight is 202 g/mol. The maximum absolute atomic E-state index is 5.80. The Morgan fingerprint density at radius 1 is 1.42 bits per heavy atom. The lowest BCUT2D eigenvalue weighted by Crippen LogP contribution is -1.90. The molecule has 2 heterocycles. The minimum Gasteiger partial charge on any atom is -0.299 e.